The zero-order valence-electron chi connectivity index (χ0n) is 12.7. The second-order valence-electron chi connectivity index (χ2n) is 5.65. The zero-order chi connectivity index (χ0) is 14.8. The quantitative estimate of drug-likeness (QED) is 0.860. The number of ether oxygens (including phenoxy) is 2. The van der Waals surface area contributed by atoms with E-state index >= 15 is 0 Å². The molecule has 108 valence electrons. The summed E-state index contributed by atoms with van der Waals surface area (Å²) in [5.74, 6) is 2.39. The first-order valence-electron chi connectivity index (χ1n) is 6.56. The molecule has 0 aliphatic heterocycles. The predicted molar refractivity (Wildman–Crippen MR) is 77.4 cm³/mol. The zero-order valence-corrected chi connectivity index (χ0v) is 12.7. The molecule has 0 aliphatic carbocycles. The van der Waals surface area contributed by atoms with Gasteiger partial charge >= 0.3 is 0 Å². The number of rotatable bonds is 4. The maximum Gasteiger partial charge on any atom is 0.161 e. The van der Waals surface area contributed by atoms with Crippen molar-refractivity contribution < 1.29 is 9.47 Å². The lowest BCUT2D eigenvalue weighted by Crippen LogP contribution is -2.23. The number of methoxy groups -OCH3 is 2. The van der Waals surface area contributed by atoms with Crippen molar-refractivity contribution in [2.75, 3.05) is 14.2 Å². The molecule has 2 aromatic rings. The van der Waals surface area contributed by atoms with Gasteiger partial charge in [-0.1, -0.05) is 6.07 Å². The van der Waals surface area contributed by atoms with Gasteiger partial charge in [-0.3, -0.25) is 0 Å². The highest BCUT2D eigenvalue weighted by atomic mass is 16.5. The van der Waals surface area contributed by atoms with Crippen molar-refractivity contribution in [3.05, 3.63) is 35.9 Å². The lowest BCUT2D eigenvalue weighted by molar-refractivity contribution is 0.354. The van der Waals surface area contributed by atoms with E-state index in [-0.39, 0.29) is 5.54 Å². The molecule has 0 bridgehead atoms. The summed E-state index contributed by atoms with van der Waals surface area (Å²) in [7, 11) is 3.27. The van der Waals surface area contributed by atoms with Gasteiger partial charge in [0.15, 0.2) is 11.5 Å². The third kappa shape index (κ3) is 2.92. The molecule has 0 saturated heterocycles. The Morgan fingerprint density at radius 3 is 2.40 bits per heavy atom. The maximum absolute atomic E-state index is 5.33. The number of nitrogens with zero attached hydrogens (tertiary/aromatic N) is 3. The highest BCUT2D eigenvalue weighted by molar-refractivity contribution is 5.43. The van der Waals surface area contributed by atoms with Gasteiger partial charge in [-0.15, -0.1) is 10.2 Å². The Labute approximate surface area is 119 Å². The van der Waals surface area contributed by atoms with Gasteiger partial charge in [-0.2, -0.15) is 0 Å². The van der Waals surface area contributed by atoms with Crippen LogP contribution in [-0.2, 0) is 12.0 Å². The summed E-state index contributed by atoms with van der Waals surface area (Å²) in [5, 5.41) is 8.23. The number of hydrogen-bond donors (Lipinski definition) is 0. The summed E-state index contributed by atoms with van der Waals surface area (Å²) in [5.41, 5.74) is 1.08. The minimum Gasteiger partial charge on any atom is -0.493 e. The van der Waals surface area contributed by atoms with Gasteiger partial charge in [-0.05, 0) is 38.5 Å². The molecule has 20 heavy (non-hydrogen) atoms. The van der Waals surface area contributed by atoms with Gasteiger partial charge in [0.2, 0.25) is 0 Å². The topological polar surface area (TPSA) is 49.2 Å². The SMILES string of the molecule is COc1ccc(Cc2nncn2C(C)(C)C)cc1OC. The summed E-state index contributed by atoms with van der Waals surface area (Å²) in [4.78, 5) is 0. The van der Waals surface area contributed by atoms with E-state index in [4.69, 9.17) is 9.47 Å². The Morgan fingerprint density at radius 2 is 1.80 bits per heavy atom. The molecule has 0 fully saturated rings. The molecule has 2 rings (SSSR count). The van der Waals surface area contributed by atoms with E-state index in [2.05, 4.69) is 35.5 Å². The molecule has 0 saturated carbocycles. The monoisotopic (exact) mass is 275 g/mol. The lowest BCUT2D eigenvalue weighted by atomic mass is 10.1. The van der Waals surface area contributed by atoms with Crippen LogP contribution in [0.1, 0.15) is 32.2 Å². The van der Waals surface area contributed by atoms with Gasteiger partial charge in [0.1, 0.15) is 12.2 Å². The van der Waals surface area contributed by atoms with Crippen molar-refractivity contribution in [3.63, 3.8) is 0 Å². The van der Waals surface area contributed by atoms with Crippen LogP contribution in [0.25, 0.3) is 0 Å². The normalized spacial score (nSPS) is 11.4. The number of aromatic nitrogens is 3. The molecule has 0 aliphatic rings. The first kappa shape index (κ1) is 14.4. The van der Waals surface area contributed by atoms with Crippen LogP contribution >= 0.6 is 0 Å². The average Bonchev–Trinajstić information content (AvgIpc) is 2.86. The van der Waals surface area contributed by atoms with Gasteiger partial charge in [0, 0.05) is 12.0 Å². The Balaban J connectivity index is 2.29. The fraction of sp³-hybridized carbons (Fsp3) is 0.467. The highest BCUT2D eigenvalue weighted by Crippen LogP contribution is 2.28. The third-order valence-electron chi connectivity index (χ3n) is 3.15. The van der Waals surface area contributed by atoms with Crippen molar-refractivity contribution in [3.8, 4) is 11.5 Å². The smallest absolute Gasteiger partial charge is 0.161 e. The molecule has 0 radical (unpaired) electrons. The second kappa shape index (κ2) is 5.53. The van der Waals surface area contributed by atoms with Crippen LogP contribution in [0.5, 0.6) is 11.5 Å². The van der Waals surface area contributed by atoms with Gasteiger partial charge in [0.25, 0.3) is 0 Å². The summed E-state index contributed by atoms with van der Waals surface area (Å²) in [6.45, 7) is 6.40. The molecule has 1 aromatic heterocycles. The summed E-state index contributed by atoms with van der Waals surface area (Å²) in [6, 6.07) is 5.90. The van der Waals surface area contributed by atoms with Crippen LogP contribution in [0.2, 0.25) is 0 Å². The van der Waals surface area contributed by atoms with E-state index in [9.17, 15) is 0 Å². The summed E-state index contributed by atoms with van der Waals surface area (Å²) >= 11 is 0. The molecule has 1 heterocycles. The minimum absolute atomic E-state index is 0.0324. The Morgan fingerprint density at radius 1 is 1.10 bits per heavy atom. The number of benzene rings is 1. The molecular formula is C15H21N3O2. The van der Waals surface area contributed by atoms with Gasteiger partial charge < -0.3 is 14.0 Å². The van der Waals surface area contributed by atoms with Crippen LogP contribution in [0, 0.1) is 0 Å². The Kier molecular flexibility index (Phi) is 3.97. The molecule has 0 atom stereocenters. The van der Waals surface area contributed by atoms with Crippen molar-refractivity contribution >= 4 is 0 Å². The molecule has 0 amide bonds. The number of hydrogen-bond acceptors (Lipinski definition) is 4. The Hall–Kier alpha value is -2.04. The molecule has 0 N–H and O–H groups in total. The molecule has 5 nitrogen and oxygen atoms in total. The van der Waals surface area contributed by atoms with Gasteiger partial charge in [-0.25, -0.2) is 0 Å². The third-order valence-corrected chi connectivity index (χ3v) is 3.15. The molecule has 5 heteroatoms. The van der Waals surface area contributed by atoms with Crippen LogP contribution in [0.4, 0.5) is 0 Å². The molecule has 1 aromatic carbocycles. The van der Waals surface area contributed by atoms with E-state index in [1.165, 1.54) is 0 Å². The molecular weight excluding hydrogens is 254 g/mol. The van der Waals surface area contributed by atoms with E-state index in [1.54, 1.807) is 20.5 Å². The fourth-order valence-electron chi connectivity index (χ4n) is 2.11. The van der Waals surface area contributed by atoms with Crippen molar-refractivity contribution in [1.29, 1.82) is 0 Å². The minimum atomic E-state index is -0.0324. The Bertz CT molecular complexity index is 585. The largest absolute Gasteiger partial charge is 0.493 e. The van der Waals surface area contributed by atoms with E-state index in [0.29, 0.717) is 6.42 Å². The van der Waals surface area contributed by atoms with E-state index in [0.717, 1.165) is 22.9 Å². The molecule has 0 unspecified atom stereocenters. The van der Waals surface area contributed by atoms with Gasteiger partial charge in [0.05, 0.1) is 14.2 Å². The first-order chi connectivity index (χ1) is 9.45. The molecule has 0 spiro atoms. The van der Waals surface area contributed by atoms with Crippen molar-refractivity contribution in [1.82, 2.24) is 14.8 Å². The van der Waals surface area contributed by atoms with E-state index in [1.807, 2.05) is 18.2 Å². The maximum atomic E-state index is 5.33. The standard InChI is InChI=1S/C15H21N3O2/c1-15(2,3)18-10-16-17-14(18)9-11-6-7-12(19-4)13(8-11)20-5/h6-8,10H,9H2,1-5H3. The average molecular weight is 275 g/mol. The van der Waals surface area contributed by atoms with Crippen molar-refractivity contribution in [2.24, 2.45) is 0 Å². The lowest BCUT2D eigenvalue weighted by Gasteiger charge is -2.22. The first-order valence-corrected chi connectivity index (χ1v) is 6.56. The van der Waals surface area contributed by atoms with E-state index < -0.39 is 0 Å². The van der Waals surface area contributed by atoms with Crippen LogP contribution < -0.4 is 9.47 Å². The summed E-state index contributed by atoms with van der Waals surface area (Å²) < 4.78 is 12.7. The highest BCUT2D eigenvalue weighted by Gasteiger charge is 2.18. The second-order valence-corrected chi connectivity index (χ2v) is 5.65. The van der Waals surface area contributed by atoms with Crippen LogP contribution in [0.3, 0.4) is 0 Å². The van der Waals surface area contributed by atoms with Crippen LogP contribution in [0.15, 0.2) is 24.5 Å². The summed E-state index contributed by atoms with van der Waals surface area (Å²) in [6.07, 6.45) is 2.48. The van der Waals surface area contributed by atoms with Crippen LogP contribution in [-0.4, -0.2) is 29.0 Å². The fourth-order valence-corrected chi connectivity index (χ4v) is 2.11. The predicted octanol–water partition coefficient (Wildman–Crippen LogP) is 2.64. The van der Waals surface area contributed by atoms with Crippen molar-refractivity contribution in [2.45, 2.75) is 32.7 Å².